The normalized spacial score (nSPS) is 12.2. The smallest absolute Gasteiger partial charge is 0.337 e. The van der Waals surface area contributed by atoms with Crippen molar-refractivity contribution in [2.45, 2.75) is 11.0 Å². The Bertz CT molecular complexity index is 364. The van der Waals surface area contributed by atoms with E-state index < -0.39 is 12.1 Å². The fourth-order valence-corrected chi connectivity index (χ4v) is 1.61. The molecule has 82 valence electrons. The van der Waals surface area contributed by atoms with Gasteiger partial charge in [-0.2, -0.15) is 0 Å². The summed E-state index contributed by atoms with van der Waals surface area (Å²) in [6.07, 6.45) is 0.359. The first-order valence-electron chi connectivity index (χ1n) is 4.23. The minimum atomic E-state index is -1.55. The summed E-state index contributed by atoms with van der Waals surface area (Å²) in [4.78, 5) is 11.6. The van der Waals surface area contributed by atoms with Gasteiger partial charge in [-0.05, 0) is 18.4 Å². The zero-order valence-electron chi connectivity index (χ0n) is 8.43. The number of carboxylic acid groups (broad SMARTS) is 1. The lowest BCUT2D eigenvalue weighted by molar-refractivity contribution is -0.147. The van der Waals surface area contributed by atoms with Crippen molar-refractivity contribution >= 4 is 17.7 Å². The number of aliphatic hydroxyl groups excluding tert-OH is 1. The van der Waals surface area contributed by atoms with Gasteiger partial charge in [-0.3, -0.25) is 0 Å². The standard InChI is InChI=1S/C10H12O4S/c1-14-8-5-6(15-2)3-4-7(8)9(11)10(12)13/h3-5,9,11H,1-2H3,(H,12,13). The number of hydrogen-bond donors (Lipinski definition) is 2. The first-order valence-corrected chi connectivity index (χ1v) is 5.45. The zero-order chi connectivity index (χ0) is 11.4. The first kappa shape index (κ1) is 11.9. The highest BCUT2D eigenvalue weighted by Gasteiger charge is 2.20. The van der Waals surface area contributed by atoms with Crippen LogP contribution in [0.4, 0.5) is 0 Å². The van der Waals surface area contributed by atoms with Gasteiger partial charge in [0.15, 0.2) is 6.10 Å². The van der Waals surface area contributed by atoms with Crippen LogP contribution in [0.5, 0.6) is 5.75 Å². The van der Waals surface area contributed by atoms with Crippen LogP contribution in [-0.4, -0.2) is 29.5 Å². The first-order chi connectivity index (χ1) is 7.10. The summed E-state index contributed by atoms with van der Waals surface area (Å²) in [6, 6.07) is 5.00. The Hall–Kier alpha value is -1.20. The number of ether oxygens (including phenoxy) is 1. The van der Waals surface area contributed by atoms with Gasteiger partial charge in [-0.25, -0.2) is 4.79 Å². The van der Waals surface area contributed by atoms with E-state index in [9.17, 15) is 9.90 Å². The van der Waals surface area contributed by atoms with Gasteiger partial charge in [0.1, 0.15) is 5.75 Å². The van der Waals surface area contributed by atoms with Crippen molar-refractivity contribution in [3.8, 4) is 5.75 Å². The highest BCUT2D eigenvalue weighted by molar-refractivity contribution is 7.98. The molecule has 4 nitrogen and oxygen atoms in total. The Morgan fingerprint density at radius 3 is 2.67 bits per heavy atom. The van der Waals surface area contributed by atoms with E-state index in [4.69, 9.17) is 9.84 Å². The highest BCUT2D eigenvalue weighted by Crippen LogP contribution is 2.29. The molecule has 1 rings (SSSR count). The summed E-state index contributed by atoms with van der Waals surface area (Å²) in [5.74, 6) is -0.901. The monoisotopic (exact) mass is 228 g/mol. The molecule has 1 aromatic carbocycles. The predicted molar refractivity (Wildman–Crippen MR) is 57.4 cm³/mol. The van der Waals surface area contributed by atoms with E-state index in [0.29, 0.717) is 5.75 Å². The van der Waals surface area contributed by atoms with Gasteiger partial charge in [0, 0.05) is 10.5 Å². The summed E-state index contributed by atoms with van der Waals surface area (Å²) in [5.41, 5.74) is 0.266. The SMILES string of the molecule is COc1cc(SC)ccc1C(O)C(=O)O. The van der Waals surface area contributed by atoms with E-state index in [0.717, 1.165) is 4.90 Å². The Kier molecular flexibility index (Phi) is 3.99. The van der Waals surface area contributed by atoms with Crippen LogP contribution in [-0.2, 0) is 4.79 Å². The fourth-order valence-electron chi connectivity index (χ4n) is 1.18. The van der Waals surface area contributed by atoms with Crippen molar-refractivity contribution in [3.05, 3.63) is 23.8 Å². The summed E-state index contributed by atoms with van der Waals surface area (Å²) < 4.78 is 5.02. The number of methoxy groups -OCH3 is 1. The predicted octanol–water partition coefficient (Wildman–Crippen LogP) is 1.54. The van der Waals surface area contributed by atoms with Crippen LogP contribution in [0, 0.1) is 0 Å². The molecule has 0 aromatic heterocycles. The Labute approximate surface area is 91.9 Å². The third kappa shape index (κ3) is 2.64. The van der Waals surface area contributed by atoms with Gasteiger partial charge in [0.05, 0.1) is 7.11 Å². The van der Waals surface area contributed by atoms with E-state index in [2.05, 4.69) is 0 Å². The van der Waals surface area contributed by atoms with Gasteiger partial charge in [0.2, 0.25) is 0 Å². The maximum absolute atomic E-state index is 10.6. The van der Waals surface area contributed by atoms with Crippen molar-refractivity contribution in [2.75, 3.05) is 13.4 Å². The Morgan fingerprint density at radius 1 is 1.53 bits per heavy atom. The second-order valence-electron chi connectivity index (χ2n) is 2.85. The second-order valence-corrected chi connectivity index (χ2v) is 3.73. The molecule has 0 spiro atoms. The van der Waals surface area contributed by atoms with E-state index in [-0.39, 0.29) is 5.56 Å². The molecule has 0 amide bonds. The number of hydrogen-bond acceptors (Lipinski definition) is 4. The molecular weight excluding hydrogens is 216 g/mol. The number of carbonyl (C=O) groups is 1. The molecule has 5 heteroatoms. The van der Waals surface area contributed by atoms with E-state index >= 15 is 0 Å². The van der Waals surface area contributed by atoms with Crippen LogP contribution in [0.25, 0.3) is 0 Å². The topological polar surface area (TPSA) is 66.8 Å². The molecule has 2 N–H and O–H groups in total. The number of thioether (sulfide) groups is 1. The highest BCUT2D eigenvalue weighted by atomic mass is 32.2. The van der Waals surface area contributed by atoms with Gasteiger partial charge in [-0.15, -0.1) is 11.8 Å². The molecule has 0 saturated heterocycles. The summed E-state index contributed by atoms with van der Waals surface area (Å²) in [5, 5.41) is 18.1. The van der Waals surface area contributed by atoms with Crippen molar-refractivity contribution < 1.29 is 19.7 Å². The molecule has 0 heterocycles. The quantitative estimate of drug-likeness (QED) is 0.765. The molecule has 0 aliphatic rings. The Morgan fingerprint density at radius 2 is 2.20 bits per heavy atom. The lowest BCUT2D eigenvalue weighted by atomic mass is 10.1. The fraction of sp³-hybridized carbons (Fsp3) is 0.300. The van der Waals surface area contributed by atoms with E-state index in [1.54, 1.807) is 18.2 Å². The maximum atomic E-state index is 10.6. The molecule has 0 bridgehead atoms. The minimum Gasteiger partial charge on any atom is -0.496 e. The van der Waals surface area contributed by atoms with Crippen LogP contribution in [0.2, 0.25) is 0 Å². The summed E-state index contributed by atoms with van der Waals surface area (Å²) in [6.45, 7) is 0. The largest absolute Gasteiger partial charge is 0.496 e. The average Bonchev–Trinajstić information content (AvgIpc) is 2.27. The molecule has 15 heavy (non-hydrogen) atoms. The van der Waals surface area contributed by atoms with E-state index in [1.165, 1.54) is 18.9 Å². The summed E-state index contributed by atoms with van der Waals surface area (Å²) in [7, 11) is 1.44. The van der Waals surface area contributed by atoms with Gasteiger partial charge in [-0.1, -0.05) is 6.07 Å². The number of rotatable bonds is 4. The minimum absolute atomic E-state index is 0.266. The average molecular weight is 228 g/mol. The third-order valence-corrected chi connectivity index (χ3v) is 2.69. The molecular formula is C10H12O4S. The zero-order valence-corrected chi connectivity index (χ0v) is 9.25. The van der Waals surface area contributed by atoms with Crippen LogP contribution in [0.15, 0.2) is 23.1 Å². The van der Waals surface area contributed by atoms with Crippen molar-refractivity contribution in [3.63, 3.8) is 0 Å². The van der Waals surface area contributed by atoms with Gasteiger partial charge < -0.3 is 14.9 Å². The number of aliphatic carboxylic acids is 1. The third-order valence-electron chi connectivity index (χ3n) is 1.97. The molecule has 0 fully saturated rings. The Balaban J connectivity index is 3.12. The molecule has 0 aliphatic carbocycles. The molecule has 0 saturated carbocycles. The number of carboxylic acids is 1. The van der Waals surface area contributed by atoms with Gasteiger partial charge in [0.25, 0.3) is 0 Å². The molecule has 0 aliphatic heterocycles. The van der Waals surface area contributed by atoms with Crippen molar-refractivity contribution in [2.24, 2.45) is 0 Å². The lowest BCUT2D eigenvalue weighted by Gasteiger charge is -2.12. The van der Waals surface area contributed by atoms with E-state index in [1.807, 2.05) is 6.26 Å². The van der Waals surface area contributed by atoms with Crippen molar-refractivity contribution in [1.82, 2.24) is 0 Å². The van der Waals surface area contributed by atoms with Crippen molar-refractivity contribution in [1.29, 1.82) is 0 Å². The van der Waals surface area contributed by atoms with Crippen LogP contribution >= 0.6 is 11.8 Å². The van der Waals surface area contributed by atoms with Crippen LogP contribution < -0.4 is 4.74 Å². The molecule has 1 atom stereocenters. The molecule has 1 unspecified atom stereocenters. The molecule has 1 aromatic rings. The number of benzene rings is 1. The number of aliphatic hydroxyl groups is 1. The van der Waals surface area contributed by atoms with Crippen LogP contribution in [0.3, 0.4) is 0 Å². The lowest BCUT2D eigenvalue weighted by Crippen LogP contribution is -2.11. The molecule has 0 radical (unpaired) electrons. The maximum Gasteiger partial charge on any atom is 0.337 e. The van der Waals surface area contributed by atoms with Crippen LogP contribution in [0.1, 0.15) is 11.7 Å². The van der Waals surface area contributed by atoms with Gasteiger partial charge >= 0.3 is 5.97 Å². The second kappa shape index (κ2) is 5.04. The summed E-state index contributed by atoms with van der Waals surface area (Å²) >= 11 is 1.52.